The lowest BCUT2D eigenvalue weighted by molar-refractivity contribution is -0.121. The molecule has 0 bridgehead atoms. The van der Waals surface area contributed by atoms with Crippen LogP contribution < -0.4 is 10.1 Å². The number of nitrogens with one attached hydrogen (secondary N) is 1. The van der Waals surface area contributed by atoms with Gasteiger partial charge in [0.15, 0.2) is 11.6 Å². The third kappa shape index (κ3) is 4.43. The minimum atomic E-state index is -0.369. The van der Waals surface area contributed by atoms with Crippen LogP contribution in [-0.2, 0) is 11.2 Å². The van der Waals surface area contributed by atoms with Crippen molar-refractivity contribution < 1.29 is 13.9 Å². The van der Waals surface area contributed by atoms with Gasteiger partial charge >= 0.3 is 0 Å². The molecule has 1 rings (SSSR count). The van der Waals surface area contributed by atoms with Crippen molar-refractivity contribution >= 4 is 5.91 Å². The van der Waals surface area contributed by atoms with E-state index in [1.807, 2.05) is 6.92 Å². The van der Waals surface area contributed by atoms with Crippen LogP contribution in [0.4, 0.5) is 4.39 Å². The molecule has 0 radical (unpaired) electrons. The molecule has 0 fully saturated rings. The Morgan fingerprint density at radius 2 is 2.24 bits per heavy atom. The summed E-state index contributed by atoms with van der Waals surface area (Å²) in [6.07, 6.45) is 2.06. The van der Waals surface area contributed by atoms with Crippen molar-refractivity contribution in [1.82, 2.24) is 5.32 Å². The van der Waals surface area contributed by atoms with Crippen molar-refractivity contribution in [1.29, 1.82) is 0 Å². The Balaban J connectivity index is 2.44. The summed E-state index contributed by atoms with van der Waals surface area (Å²) in [5.74, 6) is -0.0739. The number of methoxy groups -OCH3 is 1. The van der Waals surface area contributed by atoms with Gasteiger partial charge in [-0.15, -0.1) is 0 Å². The van der Waals surface area contributed by atoms with Gasteiger partial charge in [-0.2, -0.15) is 0 Å². The summed E-state index contributed by atoms with van der Waals surface area (Å²) < 4.78 is 18.0. The van der Waals surface area contributed by atoms with Gasteiger partial charge in [0, 0.05) is 13.0 Å². The lowest BCUT2D eigenvalue weighted by atomic mass is 10.1. The van der Waals surface area contributed by atoms with Gasteiger partial charge in [-0.3, -0.25) is 4.79 Å². The van der Waals surface area contributed by atoms with E-state index in [1.54, 1.807) is 12.1 Å². The molecular weight excluding hydrogens is 221 g/mol. The van der Waals surface area contributed by atoms with Gasteiger partial charge in [0.05, 0.1) is 7.11 Å². The first-order valence-electron chi connectivity index (χ1n) is 5.76. The Bertz CT molecular complexity index is 380. The van der Waals surface area contributed by atoms with Crippen LogP contribution in [0, 0.1) is 5.82 Å². The Hall–Kier alpha value is -1.58. The summed E-state index contributed by atoms with van der Waals surface area (Å²) in [6.45, 7) is 2.53. The van der Waals surface area contributed by atoms with Crippen molar-refractivity contribution in [3.05, 3.63) is 29.6 Å². The van der Waals surface area contributed by atoms with Gasteiger partial charge in [-0.1, -0.05) is 13.0 Å². The molecule has 94 valence electrons. The summed E-state index contributed by atoms with van der Waals surface area (Å²) in [7, 11) is 1.44. The Kier molecular flexibility index (Phi) is 5.46. The van der Waals surface area contributed by atoms with Gasteiger partial charge in [-0.05, 0) is 30.5 Å². The zero-order valence-electron chi connectivity index (χ0n) is 10.3. The van der Waals surface area contributed by atoms with Crippen molar-refractivity contribution in [2.75, 3.05) is 13.7 Å². The largest absolute Gasteiger partial charge is 0.494 e. The van der Waals surface area contributed by atoms with Gasteiger partial charge in [0.25, 0.3) is 0 Å². The zero-order chi connectivity index (χ0) is 12.7. The van der Waals surface area contributed by atoms with Crippen LogP contribution in [0.25, 0.3) is 0 Å². The average molecular weight is 239 g/mol. The monoisotopic (exact) mass is 239 g/mol. The van der Waals surface area contributed by atoms with Gasteiger partial charge < -0.3 is 10.1 Å². The second kappa shape index (κ2) is 6.89. The molecule has 0 spiro atoms. The third-order valence-corrected chi connectivity index (χ3v) is 2.43. The van der Waals surface area contributed by atoms with Crippen LogP contribution in [0.1, 0.15) is 25.3 Å². The molecule has 0 heterocycles. The van der Waals surface area contributed by atoms with Crippen molar-refractivity contribution in [3.8, 4) is 5.75 Å². The minimum absolute atomic E-state index is 0.0570. The van der Waals surface area contributed by atoms with Crippen LogP contribution >= 0.6 is 0 Å². The minimum Gasteiger partial charge on any atom is -0.494 e. The van der Waals surface area contributed by atoms with E-state index in [-0.39, 0.29) is 17.5 Å². The smallest absolute Gasteiger partial charge is 0.219 e. The maximum absolute atomic E-state index is 13.1. The van der Waals surface area contributed by atoms with Crippen molar-refractivity contribution in [3.63, 3.8) is 0 Å². The summed E-state index contributed by atoms with van der Waals surface area (Å²) >= 11 is 0. The van der Waals surface area contributed by atoms with E-state index < -0.39 is 0 Å². The van der Waals surface area contributed by atoms with Gasteiger partial charge in [0.2, 0.25) is 5.91 Å². The molecule has 1 N–H and O–H groups in total. The first-order chi connectivity index (χ1) is 8.17. The number of ether oxygens (including phenoxy) is 1. The molecule has 0 saturated carbocycles. The first-order valence-corrected chi connectivity index (χ1v) is 5.76. The summed E-state index contributed by atoms with van der Waals surface area (Å²) in [6, 6.07) is 4.73. The predicted octanol–water partition coefficient (Wildman–Crippen LogP) is 2.29. The summed E-state index contributed by atoms with van der Waals surface area (Å²) in [4.78, 5) is 11.2. The van der Waals surface area contributed by atoms with Crippen LogP contribution in [0.3, 0.4) is 0 Å². The molecule has 0 aliphatic heterocycles. The highest BCUT2D eigenvalue weighted by Gasteiger charge is 2.04. The molecule has 0 unspecified atom stereocenters. The lowest BCUT2D eigenvalue weighted by Crippen LogP contribution is -2.25. The fraction of sp³-hybridized carbons (Fsp3) is 0.462. The quantitative estimate of drug-likeness (QED) is 0.827. The average Bonchev–Trinajstić information content (AvgIpc) is 2.31. The van der Waals surface area contributed by atoms with Crippen LogP contribution in [0.15, 0.2) is 18.2 Å². The van der Waals surface area contributed by atoms with E-state index >= 15 is 0 Å². The summed E-state index contributed by atoms with van der Waals surface area (Å²) in [5.41, 5.74) is 0.944. The lowest BCUT2D eigenvalue weighted by Gasteiger charge is -2.07. The molecule has 3 nitrogen and oxygen atoms in total. The molecule has 1 aromatic carbocycles. The van der Waals surface area contributed by atoms with Gasteiger partial charge in [-0.25, -0.2) is 4.39 Å². The van der Waals surface area contributed by atoms with Crippen LogP contribution in [0.5, 0.6) is 5.75 Å². The highest BCUT2D eigenvalue weighted by atomic mass is 19.1. The number of amides is 1. The topological polar surface area (TPSA) is 38.3 Å². The van der Waals surface area contributed by atoms with Crippen LogP contribution in [-0.4, -0.2) is 19.6 Å². The second-order valence-corrected chi connectivity index (χ2v) is 3.82. The summed E-state index contributed by atoms with van der Waals surface area (Å²) in [5, 5.41) is 2.81. The molecule has 0 saturated heterocycles. The van der Waals surface area contributed by atoms with Gasteiger partial charge in [0.1, 0.15) is 0 Å². The Morgan fingerprint density at radius 3 is 2.88 bits per heavy atom. The highest BCUT2D eigenvalue weighted by Crippen LogP contribution is 2.18. The van der Waals surface area contributed by atoms with Crippen molar-refractivity contribution in [2.24, 2.45) is 0 Å². The fourth-order valence-corrected chi connectivity index (χ4v) is 1.52. The van der Waals surface area contributed by atoms with Crippen molar-refractivity contribution in [2.45, 2.75) is 26.2 Å². The van der Waals surface area contributed by atoms with E-state index in [2.05, 4.69) is 5.32 Å². The van der Waals surface area contributed by atoms with Crippen LogP contribution in [0.2, 0.25) is 0 Å². The Labute approximate surface area is 101 Å². The number of carbonyl (C=O) groups is 1. The zero-order valence-corrected chi connectivity index (χ0v) is 10.3. The number of rotatable bonds is 6. The number of hydrogen-bond donors (Lipinski definition) is 1. The molecule has 1 aromatic rings. The molecular formula is C13H18FNO2. The maximum Gasteiger partial charge on any atom is 0.219 e. The molecule has 17 heavy (non-hydrogen) atoms. The molecule has 0 aliphatic rings. The first kappa shape index (κ1) is 13.5. The van der Waals surface area contributed by atoms with E-state index in [9.17, 15) is 9.18 Å². The molecule has 4 heteroatoms. The third-order valence-electron chi connectivity index (χ3n) is 2.43. The number of carbonyl (C=O) groups excluding carboxylic acids is 1. The number of benzene rings is 1. The number of hydrogen-bond acceptors (Lipinski definition) is 2. The van der Waals surface area contributed by atoms with E-state index in [1.165, 1.54) is 13.2 Å². The number of halogens is 1. The van der Waals surface area contributed by atoms with E-state index in [4.69, 9.17) is 4.74 Å². The highest BCUT2D eigenvalue weighted by molar-refractivity contribution is 5.75. The van der Waals surface area contributed by atoms with E-state index in [0.29, 0.717) is 19.4 Å². The predicted molar refractivity (Wildman–Crippen MR) is 64.6 cm³/mol. The second-order valence-electron chi connectivity index (χ2n) is 3.82. The standard InChI is InChI=1S/C13H18FNO2/c1-3-4-13(16)15-8-7-10-5-6-11(14)12(9-10)17-2/h5-6,9H,3-4,7-8H2,1-2H3,(H,15,16). The fourth-order valence-electron chi connectivity index (χ4n) is 1.52. The normalized spacial score (nSPS) is 10.1. The SMILES string of the molecule is CCCC(=O)NCCc1ccc(F)c(OC)c1. The molecule has 1 amide bonds. The maximum atomic E-state index is 13.1. The molecule has 0 aliphatic carbocycles. The Morgan fingerprint density at radius 1 is 1.47 bits per heavy atom. The molecule has 0 atom stereocenters. The van der Waals surface area contributed by atoms with E-state index in [0.717, 1.165) is 12.0 Å². The molecule has 0 aromatic heterocycles.